The van der Waals surface area contributed by atoms with Gasteiger partial charge in [0.2, 0.25) is 0 Å². The van der Waals surface area contributed by atoms with Gasteiger partial charge in [0.25, 0.3) is 0 Å². The molecule has 0 aromatic carbocycles. The molecule has 0 spiro atoms. The maximum absolute atomic E-state index is 12.1. The topological polar surface area (TPSA) is 37.3 Å². The van der Waals surface area contributed by atoms with E-state index in [-0.39, 0.29) is 6.42 Å². The molecule has 0 amide bonds. The Labute approximate surface area is 86.8 Å². The number of carbonyl (C=O) groups is 1. The average molecular weight is 224 g/mol. The van der Waals surface area contributed by atoms with Crippen LogP contribution in [0.5, 0.6) is 0 Å². The van der Waals surface area contributed by atoms with E-state index in [9.17, 15) is 18.0 Å². The number of carboxylic acids is 1. The van der Waals surface area contributed by atoms with Crippen molar-refractivity contribution in [2.24, 2.45) is 11.8 Å². The second-order valence-corrected chi connectivity index (χ2v) is 3.69. The second-order valence-electron chi connectivity index (χ2n) is 3.69. The summed E-state index contributed by atoms with van der Waals surface area (Å²) < 4.78 is 36.3. The summed E-state index contributed by atoms with van der Waals surface area (Å²) in [5, 5.41) is 8.61. The predicted octanol–water partition coefficient (Wildman–Crippen LogP) is 3.24. The normalized spacial score (nSPS) is 17.3. The van der Waals surface area contributed by atoms with E-state index < -0.39 is 24.0 Å². The van der Waals surface area contributed by atoms with E-state index in [4.69, 9.17) is 5.11 Å². The van der Waals surface area contributed by atoms with Crippen LogP contribution in [0.15, 0.2) is 11.6 Å². The van der Waals surface area contributed by atoms with Crippen molar-refractivity contribution in [3.8, 4) is 0 Å². The zero-order valence-corrected chi connectivity index (χ0v) is 8.93. The Balaban J connectivity index is 4.35. The van der Waals surface area contributed by atoms with Gasteiger partial charge in [0.05, 0.1) is 11.8 Å². The molecule has 1 N–H and O–H groups in total. The van der Waals surface area contributed by atoms with Crippen molar-refractivity contribution < 1.29 is 23.1 Å². The number of halogens is 3. The average Bonchev–Trinajstić information content (AvgIpc) is 2.10. The van der Waals surface area contributed by atoms with Crippen LogP contribution in [0.25, 0.3) is 0 Å². The Kier molecular flexibility index (Phi) is 4.84. The first-order valence-electron chi connectivity index (χ1n) is 4.62. The van der Waals surface area contributed by atoms with Gasteiger partial charge in [-0.15, -0.1) is 0 Å². The number of hydrogen-bond donors (Lipinski definition) is 1. The van der Waals surface area contributed by atoms with Crippen molar-refractivity contribution in [3.05, 3.63) is 11.6 Å². The molecule has 0 saturated carbocycles. The Bertz CT molecular complexity index is 256. The molecule has 0 heterocycles. The van der Waals surface area contributed by atoms with Crippen molar-refractivity contribution in [3.63, 3.8) is 0 Å². The number of carboxylic acid groups (broad SMARTS) is 1. The predicted molar refractivity (Wildman–Crippen MR) is 50.4 cm³/mol. The van der Waals surface area contributed by atoms with Gasteiger partial charge in [0.1, 0.15) is 0 Å². The summed E-state index contributed by atoms with van der Waals surface area (Å²) >= 11 is 0. The lowest BCUT2D eigenvalue weighted by Gasteiger charge is -2.14. The summed E-state index contributed by atoms with van der Waals surface area (Å²) in [6.07, 6.45) is -3.05. The quantitative estimate of drug-likeness (QED) is 0.744. The zero-order chi connectivity index (χ0) is 12.2. The number of allylic oxidation sites excluding steroid dienone is 1. The number of aliphatic carboxylic acids is 1. The first-order chi connectivity index (χ1) is 6.66. The summed E-state index contributed by atoms with van der Waals surface area (Å²) in [5.74, 6) is -3.19. The molecule has 0 aromatic rings. The molecule has 15 heavy (non-hydrogen) atoms. The summed E-state index contributed by atoms with van der Waals surface area (Å²) in [6.45, 7) is 4.06. The van der Waals surface area contributed by atoms with E-state index in [1.54, 1.807) is 0 Å². The Morgan fingerprint density at radius 2 is 1.87 bits per heavy atom. The van der Waals surface area contributed by atoms with Gasteiger partial charge in [-0.3, -0.25) is 4.79 Å². The standard InChI is InChI=1S/C10H15F3O2/c1-6(8(3)9(14)15)4-5-7(2)10(11,12)13/h4,7-8H,5H2,1-3H3,(H,14,15)/b6-4-. The molecule has 0 saturated heterocycles. The molecule has 0 radical (unpaired) electrons. The number of rotatable bonds is 4. The van der Waals surface area contributed by atoms with E-state index in [2.05, 4.69) is 0 Å². The zero-order valence-electron chi connectivity index (χ0n) is 8.93. The van der Waals surface area contributed by atoms with Gasteiger partial charge in [-0.25, -0.2) is 0 Å². The van der Waals surface area contributed by atoms with Crippen LogP contribution in [0.4, 0.5) is 13.2 Å². The molecular weight excluding hydrogens is 209 g/mol. The maximum atomic E-state index is 12.1. The van der Waals surface area contributed by atoms with Crippen LogP contribution < -0.4 is 0 Å². The van der Waals surface area contributed by atoms with Crippen LogP contribution in [0.1, 0.15) is 27.2 Å². The fourth-order valence-corrected chi connectivity index (χ4v) is 0.868. The highest BCUT2D eigenvalue weighted by atomic mass is 19.4. The molecule has 2 unspecified atom stereocenters. The first kappa shape index (κ1) is 14.0. The molecule has 0 aromatic heterocycles. The fourth-order valence-electron chi connectivity index (χ4n) is 0.868. The van der Waals surface area contributed by atoms with Crippen molar-refractivity contribution in [2.75, 3.05) is 0 Å². The monoisotopic (exact) mass is 224 g/mol. The smallest absolute Gasteiger partial charge is 0.391 e. The third kappa shape index (κ3) is 4.85. The highest BCUT2D eigenvalue weighted by molar-refractivity contribution is 5.72. The minimum Gasteiger partial charge on any atom is -0.481 e. The van der Waals surface area contributed by atoms with Gasteiger partial charge in [0, 0.05) is 0 Å². The molecule has 5 heteroatoms. The molecule has 2 atom stereocenters. The summed E-state index contributed by atoms with van der Waals surface area (Å²) in [7, 11) is 0. The van der Waals surface area contributed by atoms with Gasteiger partial charge in [-0.05, 0) is 20.3 Å². The largest absolute Gasteiger partial charge is 0.481 e. The van der Waals surface area contributed by atoms with Crippen molar-refractivity contribution in [1.29, 1.82) is 0 Å². The minimum atomic E-state index is -4.22. The van der Waals surface area contributed by atoms with Crippen molar-refractivity contribution in [1.82, 2.24) is 0 Å². The van der Waals surface area contributed by atoms with E-state index in [0.29, 0.717) is 5.57 Å². The Morgan fingerprint density at radius 3 is 2.20 bits per heavy atom. The van der Waals surface area contributed by atoms with Crippen molar-refractivity contribution in [2.45, 2.75) is 33.4 Å². The van der Waals surface area contributed by atoms with Crippen LogP contribution in [0, 0.1) is 11.8 Å². The third-order valence-corrected chi connectivity index (χ3v) is 2.41. The van der Waals surface area contributed by atoms with Crippen LogP contribution in [-0.4, -0.2) is 17.3 Å². The van der Waals surface area contributed by atoms with Crippen LogP contribution in [-0.2, 0) is 4.79 Å². The highest BCUT2D eigenvalue weighted by Gasteiger charge is 2.34. The van der Waals surface area contributed by atoms with Gasteiger partial charge in [-0.1, -0.05) is 18.6 Å². The van der Waals surface area contributed by atoms with E-state index in [1.807, 2.05) is 0 Å². The molecule has 0 aliphatic heterocycles. The molecule has 2 nitrogen and oxygen atoms in total. The summed E-state index contributed by atoms with van der Waals surface area (Å²) in [5.41, 5.74) is 0.457. The van der Waals surface area contributed by atoms with Crippen LogP contribution in [0.2, 0.25) is 0 Å². The van der Waals surface area contributed by atoms with Crippen LogP contribution in [0.3, 0.4) is 0 Å². The lowest BCUT2D eigenvalue weighted by Crippen LogP contribution is -2.19. The molecular formula is C10H15F3O2. The van der Waals surface area contributed by atoms with Gasteiger partial charge in [0.15, 0.2) is 0 Å². The fraction of sp³-hybridized carbons (Fsp3) is 0.700. The summed E-state index contributed by atoms with van der Waals surface area (Å²) in [4.78, 5) is 10.5. The minimum absolute atomic E-state index is 0.174. The lowest BCUT2D eigenvalue weighted by molar-refractivity contribution is -0.168. The first-order valence-corrected chi connectivity index (χ1v) is 4.62. The van der Waals surface area contributed by atoms with E-state index in [1.165, 1.54) is 19.9 Å². The molecule has 88 valence electrons. The van der Waals surface area contributed by atoms with Crippen LogP contribution >= 0.6 is 0 Å². The number of alkyl halides is 3. The Morgan fingerprint density at radius 1 is 1.40 bits per heavy atom. The molecule has 0 aliphatic carbocycles. The molecule has 0 bridgehead atoms. The third-order valence-electron chi connectivity index (χ3n) is 2.41. The van der Waals surface area contributed by atoms with Crippen molar-refractivity contribution >= 4 is 5.97 Å². The SMILES string of the molecule is C/C(=C/CC(C)C(F)(F)F)C(C)C(=O)O. The second kappa shape index (κ2) is 5.19. The molecule has 0 fully saturated rings. The lowest BCUT2D eigenvalue weighted by atomic mass is 9.99. The van der Waals surface area contributed by atoms with Gasteiger partial charge in [-0.2, -0.15) is 13.2 Å². The molecule has 0 rings (SSSR count). The maximum Gasteiger partial charge on any atom is 0.391 e. The highest BCUT2D eigenvalue weighted by Crippen LogP contribution is 2.29. The summed E-state index contributed by atoms with van der Waals surface area (Å²) in [6, 6.07) is 0. The van der Waals surface area contributed by atoms with Gasteiger partial charge < -0.3 is 5.11 Å². The Hall–Kier alpha value is -1.00. The molecule has 0 aliphatic rings. The van der Waals surface area contributed by atoms with E-state index >= 15 is 0 Å². The van der Waals surface area contributed by atoms with Gasteiger partial charge >= 0.3 is 12.1 Å². The number of hydrogen-bond acceptors (Lipinski definition) is 1. The van der Waals surface area contributed by atoms with E-state index in [0.717, 1.165) is 6.92 Å².